The summed E-state index contributed by atoms with van der Waals surface area (Å²) in [6.07, 6.45) is 9.27. The van der Waals surface area contributed by atoms with Gasteiger partial charge in [-0.3, -0.25) is 4.79 Å². The summed E-state index contributed by atoms with van der Waals surface area (Å²) in [4.78, 5) is 25.1. The number of rotatable bonds is 8. The zero-order valence-corrected chi connectivity index (χ0v) is 19.0. The molecule has 1 aliphatic heterocycles. The van der Waals surface area contributed by atoms with Crippen molar-refractivity contribution in [3.8, 4) is 0 Å². The van der Waals surface area contributed by atoms with Crippen LogP contribution >= 0.6 is 11.6 Å². The van der Waals surface area contributed by atoms with E-state index in [1.165, 1.54) is 37.0 Å². The number of carboxylic acid groups (broad SMARTS) is 1. The Morgan fingerprint density at radius 1 is 1.33 bits per heavy atom. The standard InChI is InChI=1S/C24H33ClN2O3/c1-16(2)20-15-27(13-12-22(28)29)23(30)26-24(20,3)19-11-10-18(21(25)14-19)9-8-17-6-4-5-7-17/h10-11,14-17H,4-9,12-13H2,1-3H3,(H,26,30)(H,28,29)/t24-/m1/s1. The number of nitrogens with zero attached hydrogens (tertiary/aromatic N) is 1. The van der Waals surface area contributed by atoms with Crippen molar-refractivity contribution < 1.29 is 14.7 Å². The van der Waals surface area contributed by atoms with Crippen molar-refractivity contribution in [2.24, 2.45) is 11.8 Å². The molecule has 0 aromatic heterocycles. The van der Waals surface area contributed by atoms with E-state index >= 15 is 0 Å². The van der Waals surface area contributed by atoms with Crippen LogP contribution in [0.15, 0.2) is 30.0 Å². The van der Waals surface area contributed by atoms with Crippen LogP contribution in [0.25, 0.3) is 0 Å². The predicted octanol–water partition coefficient (Wildman–Crippen LogP) is 5.72. The first-order valence-electron chi connectivity index (χ1n) is 11.0. The van der Waals surface area contributed by atoms with Crippen LogP contribution in [0, 0.1) is 11.8 Å². The summed E-state index contributed by atoms with van der Waals surface area (Å²) in [7, 11) is 0. The smallest absolute Gasteiger partial charge is 0.322 e. The lowest BCUT2D eigenvalue weighted by Gasteiger charge is -2.42. The van der Waals surface area contributed by atoms with E-state index in [1.54, 1.807) is 0 Å². The number of nitrogens with one attached hydrogen (secondary N) is 1. The lowest BCUT2D eigenvalue weighted by molar-refractivity contribution is -0.137. The van der Waals surface area contributed by atoms with E-state index in [2.05, 4.69) is 31.3 Å². The number of aryl methyl sites for hydroxylation is 1. The average molecular weight is 433 g/mol. The van der Waals surface area contributed by atoms with Crippen LogP contribution in [0.2, 0.25) is 5.02 Å². The number of hydrogen-bond acceptors (Lipinski definition) is 2. The maximum Gasteiger partial charge on any atom is 0.322 e. The summed E-state index contributed by atoms with van der Waals surface area (Å²) in [5, 5.41) is 12.8. The molecule has 2 N–H and O–H groups in total. The zero-order chi connectivity index (χ0) is 21.9. The number of urea groups is 1. The van der Waals surface area contributed by atoms with Crippen LogP contribution in [0.4, 0.5) is 4.79 Å². The maximum absolute atomic E-state index is 12.7. The highest BCUT2D eigenvalue weighted by atomic mass is 35.5. The molecule has 1 aliphatic carbocycles. The molecule has 6 heteroatoms. The second-order valence-corrected chi connectivity index (χ2v) is 9.53. The molecule has 1 atom stereocenters. The number of carboxylic acids is 1. The third-order valence-electron chi connectivity index (χ3n) is 6.61. The largest absolute Gasteiger partial charge is 0.481 e. The third-order valence-corrected chi connectivity index (χ3v) is 6.96. The lowest BCUT2D eigenvalue weighted by atomic mass is 9.78. The van der Waals surface area contributed by atoms with Gasteiger partial charge in [0.2, 0.25) is 0 Å². The Labute approximate surface area is 184 Å². The SMILES string of the molecule is CC(C)C1=CN(CCC(=O)O)C(=O)N[C@]1(C)c1ccc(CCC2CCCC2)c(Cl)c1. The Kier molecular flexibility index (Phi) is 7.12. The fourth-order valence-electron chi connectivity index (χ4n) is 4.78. The molecule has 0 radical (unpaired) electrons. The van der Waals surface area contributed by atoms with Gasteiger partial charge in [0.1, 0.15) is 0 Å². The van der Waals surface area contributed by atoms with E-state index < -0.39 is 11.5 Å². The molecule has 1 aromatic carbocycles. The number of halogens is 1. The van der Waals surface area contributed by atoms with Gasteiger partial charge in [-0.05, 0) is 54.4 Å². The first-order chi connectivity index (χ1) is 14.2. The number of amides is 2. The molecule has 1 fully saturated rings. The van der Waals surface area contributed by atoms with Crippen LogP contribution in [0.3, 0.4) is 0 Å². The van der Waals surface area contributed by atoms with E-state index in [0.29, 0.717) is 0 Å². The Morgan fingerprint density at radius 2 is 2.03 bits per heavy atom. The number of carbonyl (C=O) groups is 2. The van der Waals surface area contributed by atoms with Gasteiger partial charge in [0.15, 0.2) is 0 Å². The Morgan fingerprint density at radius 3 is 2.63 bits per heavy atom. The Hall–Kier alpha value is -2.01. The third kappa shape index (κ3) is 5.00. The highest BCUT2D eigenvalue weighted by Crippen LogP contribution is 2.39. The number of carbonyl (C=O) groups excluding carboxylic acids is 1. The van der Waals surface area contributed by atoms with Gasteiger partial charge in [-0.25, -0.2) is 4.79 Å². The summed E-state index contributed by atoms with van der Waals surface area (Å²) < 4.78 is 0. The van der Waals surface area contributed by atoms with Gasteiger partial charge >= 0.3 is 12.0 Å². The summed E-state index contributed by atoms with van der Waals surface area (Å²) in [5.41, 5.74) is 2.46. The molecule has 0 unspecified atom stereocenters. The lowest BCUT2D eigenvalue weighted by Crippen LogP contribution is -2.55. The highest BCUT2D eigenvalue weighted by Gasteiger charge is 2.39. The molecule has 0 spiro atoms. The Balaban J connectivity index is 1.83. The summed E-state index contributed by atoms with van der Waals surface area (Å²) in [6.45, 7) is 6.30. The maximum atomic E-state index is 12.7. The summed E-state index contributed by atoms with van der Waals surface area (Å²) in [5.74, 6) is 0.0718. The minimum absolute atomic E-state index is 0.0898. The molecule has 164 valence electrons. The van der Waals surface area contributed by atoms with Gasteiger partial charge in [0.05, 0.1) is 12.0 Å². The average Bonchev–Trinajstić information content (AvgIpc) is 3.19. The van der Waals surface area contributed by atoms with E-state index in [1.807, 2.05) is 19.2 Å². The molecule has 30 heavy (non-hydrogen) atoms. The molecule has 5 nitrogen and oxygen atoms in total. The van der Waals surface area contributed by atoms with Gasteiger partial charge in [0, 0.05) is 17.8 Å². The van der Waals surface area contributed by atoms with Crippen molar-refractivity contribution in [1.29, 1.82) is 0 Å². The normalized spacial score (nSPS) is 22.4. The fraction of sp³-hybridized carbons (Fsp3) is 0.583. The molecule has 1 aromatic rings. The fourth-order valence-corrected chi connectivity index (χ4v) is 5.06. The quantitative estimate of drug-likeness (QED) is 0.552. The minimum atomic E-state index is -0.921. The molecule has 1 saturated carbocycles. The van der Waals surface area contributed by atoms with Crippen LogP contribution in [-0.2, 0) is 16.8 Å². The number of hydrogen-bond donors (Lipinski definition) is 2. The van der Waals surface area contributed by atoms with Crippen molar-refractivity contribution in [2.45, 2.75) is 71.3 Å². The van der Waals surface area contributed by atoms with Gasteiger partial charge in [-0.1, -0.05) is 63.3 Å². The second-order valence-electron chi connectivity index (χ2n) is 9.13. The predicted molar refractivity (Wildman–Crippen MR) is 119 cm³/mol. The molecular weight excluding hydrogens is 400 g/mol. The van der Waals surface area contributed by atoms with Crippen molar-refractivity contribution in [3.05, 3.63) is 46.1 Å². The van der Waals surface area contributed by atoms with E-state index in [-0.39, 0.29) is 24.9 Å². The first-order valence-corrected chi connectivity index (χ1v) is 11.4. The Bertz CT molecular complexity index is 830. The van der Waals surface area contributed by atoms with Gasteiger partial charge < -0.3 is 15.3 Å². The molecule has 2 aliphatic rings. The molecule has 0 saturated heterocycles. The first kappa shape index (κ1) is 22.7. The van der Waals surface area contributed by atoms with Crippen LogP contribution in [0.1, 0.15) is 70.4 Å². The minimum Gasteiger partial charge on any atom is -0.481 e. The molecular formula is C24H33ClN2O3. The molecule has 2 amide bonds. The molecule has 3 rings (SSSR count). The second kappa shape index (κ2) is 9.42. The van der Waals surface area contributed by atoms with Gasteiger partial charge in [0.25, 0.3) is 0 Å². The highest BCUT2D eigenvalue weighted by molar-refractivity contribution is 6.31. The van der Waals surface area contributed by atoms with Crippen LogP contribution in [-0.4, -0.2) is 28.6 Å². The number of aliphatic carboxylic acids is 1. The van der Waals surface area contributed by atoms with E-state index in [4.69, 9.17) is 16.7 Å². The van der Waals surface area contributed by atoms with E-state index in [9.17, 15) is 9.59 Å². The molecule has 1 heterocycles. The summed E-state index contributed by atoms with van der Waals surface area (Å²) >= 11 is 6.67. The number of benzene rings is 1. The molecule has 0 bridgehead atoms. The van der Waals surface area contributed by atoms with Gasteiger partial charge in [-0.15, -0.1) is 0 Å². The topological polar surface area (TPSA) is 69.6 Å². The van der Waals surface area contributed by atoms with Crippen molar-refractivity contribution >= 4 is 23.6 Å². The van der Waals surface area contributed by atoms with E-state index in [0.717, 1.165) is 34.1 Å². The monoisotopic (exact) mass is 432 g/mol. The van der Waals surface area contributed by atoms with Crippen molar-refractivity contribution in [1.82, 2.24) is 10.2 Å². The van der Waals surface area contributed by atoms with Crippen LogP contribution < -0.4 is 5.32 Å². The van der Waals surface area contributed by atoms with Crippen molar-refractivity contribution in [3.63, 3.8) is 0 Å². The van der Waals surface area contributed by atoms with Crippen LogP contribution in [0.5, 0.6) is 0 Å². The van der Waals surface area contributed by atoms with Gasteiger partial charge in [-0.2, -0.15) is 0 Å². The zero-order valence-electron chi connectivity index (χ0n) is 18.2. The summed E-state index contributed by atoms with van der Waals surface area (Å²) in [6, 6.07) is 5.86. The van der Waals surface area contributed by atoms with Crippen molar-refractivity contribution in [2.75, 3.05) is 6.54 Å².